The Morgan fingerprint density at radius 2 is 0.650 bits per heavy atom. The van der Waals surface area contributed by atoms with E-state index in [1.54, 1.807) is 0 Å². The van der Waals surface area contributed by atoms with Crippen LogP contribution in [0.15, 0.2) is 122 Å². The van der Waals surface area contributed by atoms with E-state index in [1.807, 2.05) is 85.1 Å². The zero-order valence-electron chi connectivity index (χ0n) is 38.2. The lowest BCUT2D eigenvalue weighted by molar-refractivity contribution is -0.167. The Bertz CT molecular complexity index is 1320. The number of rotatable bonds is 40. The molecule has 1 unspecified atom stereocenters. The smallest absolute Gasteiger partial charge is 0.306 e. The van der Waals surface area contributed by atoms with Gasteiger partial charge < -0.3 is 14.2 Å². The van der Waals surface area contributed by atoms with Crippen LogP contribution in [0.2, 0.25) is 0 Å². The number of allylic oxidation sites excluding steroid dienone is 20. The average Bonchev–Trinajstić information content (AvgIpc) is 3.24. The lowest BCUT2D eigenvalue weighted by Crippen LogP contribution is -2.30. The minimum Gasteiger partial charge on any atom is -0.462 e. The Kier molecular flexibility index (Phi) is 44.2. The van der Waals surface area contributed by atoms with Crippen LogP contribution >= 0.6 is 0 Å². The molecule has 0 aliphatic carbocycles. The largest absolute Gasteiger partial charge is 0.462 e. The fourth-order valence-electron chi connectivity index (χ4n) is 5.95. The molecule has 0 amide bonds. The van der Waals surface area contributed by atoms with Crippen molar-refractivity contribution in [2.24, 2.45) is 0 Å². The van der Waals surface area contributed by atoms with Gasteiger partial charge in [0.25, 0.3) is 0 Å². The second-order valence-electron chi connectivity index (χ2n) is 15.2. The molecule has 0 rings (SSSR count). The van der Waals surface area contributed by atoms with E-state index in [0.717, 1.165) is 96.3 Å². The number of ether oxygens (including phenoxy) is 3. The van der Waals surface area contributed by atoms with E-state index in [4.69, 9.17) is 14.2 Å². The van der Waals surface area contributed by atoms with Gasteiger partial charge in [0.15, 0.2) is 6.10 Å². The minimum absolute atomic E-state index is 0.105. The summed E-state index contributed by atoms with van der Waals surface area (Å²) in [4.78, 5) is 37.8. The van der Waals surface area contributed by atoms with Crippen LogP contribution in [0.5, 0.6) is 0 Å². The van der Waals surface area contributed by atoms with Crippen molar-refractivity contribution in [3.8, 4) is 0 Å². The molecule has 0 spiro atoms. The molecule has 0 bridgehead atoms. The van der Waals surface area contributed by atoms with Gasteiger partial charge in [-0.05, 0) is 57.8 Å². The van der Waals surface area contributed by atoms with Crippen LogP contribution < -0.4 is 0 Å². The van der Waals surface area contributed by atoms with Gasteiger partial charge in [-0.3, -0.25) is 14.4 Å². The highest BCUT2D eigenvalue weighted by Gasteiger charge is 2.19. The van der Waals surface area contributed by atoms with Crippen molar-refractivity contribution in [3.05, 3.63) is 122 Å². The third kappa shape index (κ3) is 44.9. The molecular formula is C54H84O6. The molecule has 0 saturated carbocycles. The van der Waals surface area contributed by atoms with E-state index >= 15 is 0 Å². The number of carbonyl (C=O) groups excluding carboxylic acids is 3. The molecule has 0 aromatic heterocycles. The first-order valence-corrected chi connectivity index (χ1v) is 23.7. The summed E-state index contributed by atoms with van der Waals surface area (Å²) < 4.78 is 16.7. The van der Waals surface area contributed by atoms with Crippen molar-refractivity contribution in [2.45, 2.75) is 187 Å². The van der Waals surface area contributed by atoms with Gasteiger partial charge in [0, 0.05) is 19.3 Å². The van der Waals surface area contributed by atoms with E-state index in [1.165, 1.54) is 44.9 Å². The van der Waals surface area contributed by atoms with Crippen LogP contribution in [0.1, 0.15) is 181 Å². The molecule has 6 nitrogen and oxygen atoms in total. The molecule has 0 aliphatic rings. The summed E-state index contributed by atoms with van der Waals surface area (Å²) >= 11 is 0. The standard InChI is InChI=1S/C54H84O6/c1-4-7-10-13-16-19-22-24-26-27-29-30-32-35-38-41-44-47-53(56)59-50-51(49-58-52(55)46-43-40-37-34-21-18-15-12-9-6-3)60-54(57)48-45-42-39-36-33-31-28-25-23-20-17-14-11-8-5-2/h7-8,10-11,13-14,16-17,19-20,22-30,32,51H,4-6,9,12,15,18,21,31,33-50H2,1-3H3/b10-7-,11-8-,16-13-,17-14-,22-19-,23-20-,26-24-,28-25-,29-27+,32-30-. The lowest BCUT2D eigenvalue weighted by Gasteiger charge is -2.18. The van der Waals surface area contributed by atoms with Gasteiger partial charge in [-0.2, -0.15) is 0 Å². The molecule has 0 aromatic rings. The molecule has 0 aromatic carbocycles. The van der Waals surface area contributed by atoms with Crippen LogP contribution in [0, 0.1) is 0 Å². The Labute approximate surface area is 367 Å². The summed E-state index contributed by atoms with van der Waals surface area (Å²) in [5.41, 5.74) is 0. The van der Waals surface area contributed by atoms with Gasteiger partial charge in [0.1, 0.15) is 13.2 Å². The van der Waals surface area contributed by atoms with E-state index in [2.05, 4.69) is 57.2 Å². The predicted molar refractivity (Wildman–Crippen MR) is 256 cm³/mol. The number of esters is 3. The zero-order chi connectivity index (χ0) is 43.7. The highest BCUT2D eigenvalue weighted by molar-refractivity contribution is 5.71. The van der Waals surface area contributed by atoms with Gasteiger partial charge in [0.05, 0.1) is 0 Å². The topological polar surface area (TPSA) is 78.9 Å². The minimum atomic E-state index is -0.809. The van der Waals surface area contributed by atoms with Crippen LogP contribution in [-0.2, 0) is 28.6 Å². The van der Waals surface area contributed by atoms with E-state index < -0.39 is 6.10 Å². The fraction of sp³-hybridized carbons (Fsp3) is 0.574. The van der Waals surface area contributed by atoms with Crippen LogP contribution in [0.3, 0.4) is 0 Å². The predicted octanol–water partition coefficient (Wildman–Crippen LogP) is 15.4. The Balaban J connectivity index is 4.54. The molecule has 6 heteroatoms. The third-order valence-electron chi connectivity index (χ3n) is 9.47. The van der Waals surface area contributed by atoms with Gasteiger partial charge in [-0.1, -0.05) is 226 Å². The number of carbonyl (C=O) groups is 3. The number of hydrogen-bond donors (Lipinski definition) is 0. The number of unbranched alkanes of at least 4 members (excludes halogenated alkanes) is 17. The monoisotopic (exact) mass is 829 g/mol. The molecule has 0 radical (unpaired) electrons. The highest BCUT2D eigenvalue weighted by Crippen LogP contribution is 2.13. The van der Waals surface area contributed by atoms with Crippen molar-refractivity contribution in [1.82, 2.24) is 0 Å². The van der Waals surface area contributed by atoms with Crippen molar-refractivity contribution in [3.63, 3.8) is 0 Å². The molecule has 60 heavy (non-hydrogen) atoms. The summed E-state index contributed by atoms with van der Waals surface area (Å²) in [6.45, 7) is 6.25. The van der Waals surface area contributed by atoms with Gasteiger partial charge >= 0.3 is 17.9 Å². The van der Waals surface area contributed by atoms with Gasteiger partial charge in [-0.15, -0.1) is 0 Å². The fourth-order valence-corrected chi connectivity index (χ4v) is 5.95. The molecule has 0 N–H and O–H groups in total. The maximum Gasteiger partial charge on any atom is 0.306 e. The van der Waals surface area contributed by atoms with Crippen molar-refractivity contribution in [2.75, 3.05) is 13.2 Å². The SMILES string of the molecule is CC\C=C/C=C\C=C/C=C\C=C\C=C/CCCCCC(=O)OCC(COC(=O)CCCCCCCCCCCC)OC(=O)CCCCCCC\C=C/C=C\C=C/C=C\CC. The summed E-state index contributed by atoms with van der Waals surface area (Å²) in [5, 5.41) is 0. The molecular weight excluding hydrogens is 745 g/mol. The third-order valence-corrected chi connectivity index (χ3v) is 9.47. The van der Waals surface area contributed by atoms with Gasteiger partial charge in [-0.25, -0.2) is 0 Å². The molecule has 336 valence electrons. The van der Waals surface area contributed by atoms with E-state index in [-0.39, 0.29) is 37.5 Å². The summed E-state index contributed by atoms with van der Waals surface area (Å²) in [6, 6.07) is 0. The molecule has 1 atom stereocenters. The molecule has 0 saturated heterocycles. The second-order valence-corrected chi connectivity index (χ2v) is 15.2. The first-order valence-electron chi connectivity index (χ1n) is 23.7. The Morgan fingerprint density at radius 3 is 1.03 bits per heavy atom. The molecule has 0 fully saturated rings. The summed E-state index contributed by atoms with van der Waals surface area (Å²) in [5.74, 6) is -0.987. The highest BCUT2D eigenvalue weighted by atomic mass is 16.6. The van der Waals surface area contributed by atoms with Crippen LogP contribution in [0.25, 0.3) is 0 Å². The van der Waals surface area contributed by atoms with Crippen LogP contribution in [0.4, 0.5) is 0 Å². The maximum atomic E-state index is 12.7. The number of hydrogen-bond acceptors (Lipinski definition) is 6. The quantitative estimate of drug-likeness (QED) is 0.0265. The zero-order valence-corrected chi connectivity index (χ0v) is 38.2. The van der Waals surface area contributed by atoms with Gasteiger partial charge in [0.2, 0.25) is 0 Å². The van der Waals surface area contributed by atoms with Crippen molar-refractivity contribution in [1.29, 1.82) is 0 Å². The molecule has 0 heterocycles. The maximum absolute atomic E-state index is 12.7. The summed E-state index contributed by atoms with van der Waals surface area (Å²) in [6.07, 6.45) is 64.6. The van der Waals surface area contributed by atoms with E-state index in [9.17, 15) is 14.4 Å². The second kappa shape index (κ2) is 47.5. The van der Waals surface area contributed by atoms with Crippen LogP contribution in [-0.4, -0.2) is 37.2 Å². The molecule has 0 aliphatic heterocycles. The lowest BCUT2D eigenvalue weighted by atomic mass is 10.1. The Morgan fingerprint density at radius 1 is 0.350 bits per heavy atom. The summed E-state index contributed by atoms with van der Waals surface area (Å²) in [7, 11) is 0. The first-order chi connectivity index (χ1) is 29.5. The van der Waals surface area contributed by atoms with Crippen molar-refractivity contribution < 1.29 is 28.6 Å². The Hall–Kier alpha value is -4.19. The first kappa shape index (κ1) is 55.8. The normalized spacial score (nSPS) is 13.2. The van der Waals surface area contributed by atoms with Crippen molar-refractivity contribution >= 4 is 17.9 Å². The average molecular weight is 829 g/mol. The van der Waals surface area contributed by atoms with E-state index in [0.29, 0.717) is 12.8 Å².